The number of hydrogen-bond donors (Lipinski definition) is 2. The second-order valence-corrected chi connectivity index (χ2v) is 8.75. The molecule has 1 aliphatic rings. The molecule has 1 heterocycles. The number of hydrogen-bond acceptors (Lipinski definition) is 4. The largest absolute Gasteiger partial charge is 0.362 e. The fourth-order valence-corrected chi connectivity index (χ4v) is 4.41. The van der Waals surface area contributed by atoms with Crippen LogP contribution >= 0.6 is 0 Å². The predicted molar refractivity (Wildman–Crippen MR) is 108 cm³/mol. The summed E-state index contributed by atoms with van der Waals surface area (Å²) in [6.45, 7) is 4.86. The van der Waals surface area contributed by atoms with Crippen LogP contribution in [0.5, 0.6) is 0 Å². The van der Waals surface area contributed by atoms with Gasteiger partial charge in [0.2, 0.25) is 15.9 Å². The van der Waals surface area contributed by atoms with E-state index in [9.17, 15) is 13.2 Å². The van der Waals surface area contributed by atoms with Gasteiger partial charge in [0, 0.05) is 17.9 Å². The second kappa shape index (κ2) is 7.70. The number of aryl methyl sites for hydroxylation is 3. The normalized spacial score (nSPS) is 14.0. The molecule has 1 amide bonds. The summed E-state index contributed by atoms with van der Waals surface area (Å²) in [6.07, 6.45) is 2.04. The van der Waals surface area contributed by atoms with Crippen molar-refractivity contribution in [2.75, 3.05) is 30.4 Å². The molecule has 0 bridgehead atoms. The van der Waals surface area contributed by atoms with E-state index in [0.717, 1.165) is 25.1 Å². The third kappa shape index (κ3) is 4.31. The Hall–Kier alpha value is -2.38. The number of carbonyl (C=O) groups excluding carboxylic acids is 1. The molecule has 0 atom stereocenters. The van der Waals surface area contributed by atoms with Gasteiger partial charge in [0.15, 0.2) is 0 Å². The molecular formula is C20H25N3O3S. The Bertz CT molecular complexity index is 970. The van der Waals surface area contributed by atoms with Crippen LogP contribution in [0, 0.1) is 13.8 Å². The minimum absolute atomic E-state index is 0.167. The van der Waals surface area contributed by atoms with Crippen molar-refractivity contribution in [2.45, 2.75) is 31.6 Å². The van der Waals surface area contributed by atoms with Crippen LogP contribution in [0.3, 0.4) is 0 Å². The van der Waals surface area contributed by atoms with Gasteiger partial charge in [0.1, 0.15) is 0 Å². The number of fused-ring (bicyclic) bond motifs is 1. The number of carbonyl (C=O) groups is 1. The molecule has 0 radical (unpaired) electrons. The summed E-state index contributed by atoms with van der Waals surface area (Å²) in [5.41, 5.74) is 4.69. The molecule has 0 fully saturated rings. The molecule has 2 aromatic carbocycles. The van der Waals surface area contributed by atoms with Crippen LogP contribution < -0.4 is 14.9 Å². The van der Waals surface area contributed by atoms with Gasteiger partial charge in [-0.2, -0.15) is 0 Å². The van der Waals surface area contributed by atoms with Gasteiger partial charge in [0.05, 0.1) is 11.4 Å². The van der Waals surface area contributed by atoms with E-state index in [4.69, 9.17) is 0 Å². The summed E-state index contributed by atoms with van der Waals surface area (Å²) in [7, 11) is -2.20. The van der Waals surface area contributed by atoms with Crippen LogP contribution in [-0.4, -0.2) is 34.5 Å². The molecule has 0 saturated carbocycles. The number of nitrogens with zero attached hydrogens (tertiary/aromatic N) is 1. The number of nitrogens with one attached hydrogen (secondary N) is 2. The number of benzene rings is 2. The first-order valence-corrected chi connectivity index (χ1v) is 10.5. The maximum Gasteiger partial charge on any atom is 0.243 e. The first-order valence-electron chi connectivity index (χ1n) is 8.98. The molecule has 7 heteroatoms. The molecule has 6 nitrogen and oxygen atoms in total. The molecular weight excluding hydrogens is 362 g/mol. The molecule has 27 heavy (non-hydrogen) atoms. The lowest BCUT2D eigenvalue weighted by atomic mass is 9.99. The van der Waals surface area contributed by atoms with Crippen LogP contribution in [0.25, 0.3) is 0 Å². The van der Waals surface area contributed by atoms with Crippen LogP contribution in [0.2, 0.25) is 0 Å². The van der Waals surface area contributed by atoms with E-state index in [1.54, 1.807) is 19.1 Å². The van der Waals surface area contributed by atoms with Gasteiger partial charge in [-0.05, 0) is 63.1 Å². The molecule has 2 N–H and O–H groups in total. The SMILES string of the molecule is CNS(=O)(=O)c1cc(NC(=O)CN2CCCc3cc(C)ccc32)ccc1C. The molecule has 144 valence electrons. The Morgan fingerprint density at radius 3 is 2.67 bits per heavy atom. The van der Waals surface area contributed by atoms with Gasteiger partial charge in [0.25, 0.3) is 0 Å². The fourth-order valence-electron chi connectivity index (χ4n) is 3.42. The first kappa shape index (κ1) is 19.4. The number of sulfonamides is 1. The van der Waals surface area contributed by atoms with E-state index in [-0.39, 0.29) is 17.3 Å². The highest BCUT2D eigenvalue weighted by molar-refractivity contribution is 7.89. The smallest absolute Gasteiger partial charge is 0.243 e. The van der Waals surface area contributed by atoms with E-state index in [1.807, 2.05) is 0 Å². The standard InChI is InChI=1S/C20H25N3O3S/c1-14-6-9-18-16(11-14)5-4-10-23(18)13-20(24)22-17-8-7-15(2)19(12-17)27(25,26)21-3/h6-9,11-12,21H,4-5,10,13H2,1-3H3,(H,22,24). The second-order valence-electron chi connectivity index (χ2n) is 6.89. The maximum atomic E-state index is 12.6. The third-order valence-corrected chi connectivity index (χ3v) is 6.37. The van der Waals surface area contributed by atoms with Crippen LogP contribution in [0.4, 0.5) is 11.4 Å². The number of rotatable bonds is 5. The Morgan fingerprint density at radius 1 is 1.15 bits per heavy atom. The predicted octanol–water partition coefficient (Wildman–Crippen LogP) is 2.60. The van der Waals surface area contributed by atoms with Crippen molar-refractivity contribution in [2.24, 2.45) is 0 Å². The lowest BCUT2D eigenvalue weighted by Gasteiger charge is -2.31. The molecule has 0 aliphatic carbocycles. The molecule has 0 aromatic heterocycles. The molecule has 3 rings (SSSR count). The molecule has 0 unspecified atom stereocenters. The summed E-state index contributed by atoms with van der Waals surface area (Å²) < 4.78 is 26.5. The van der Waals surface area contributed by atoms with Crippen molar-refractivity contribution in [3.63, 3.8) is 0 Å². The van der Waals surface area contributed by atoms with Crippen molar-refractivity contribution in [3.8, 4) is 0 Å². The van der Waals surface area contributed by atoms with Gasteiger partial charge in [-0.1, -0.05) is 23.8 Å². The summed E-state index contributed by atoms with van der Waals surface area (Å²) in [5, 5.41) is 2.82. The molecule has 1 aliphatic heterocycles. The Balaban J connectivity index is 1.75. The van der Waals surface area contributed by atoms with Crippen molar-refractivity contribution in [1.29, 1.82) is 0 Å². The maximum absolute atomic E-state index is 12.6. The zero-order valence-electron chi connectivity index (χ0n) is 15.9. The van der Waals surface area contributed by atoms with Crippen molar-refractivity contribution < 1.29 is 13.2 Å². The average molecular weight is 388 g/mol. The minimum Gasteiger partial charge on any atom is -0.362 e. The van der Waals surface area contributed by atoms with Crippen LogP contribution in [0.15, 0.2) is 41.3 Å². The first-order chi connectivity index (χ1) is 12.8. The van der Waals surface area contributed by atoms with Gasteiger partial charge in [-0.15, -0.1) is 0 Å². The number of anilines is 2. The zero-order valence-corrected chi connectivity index (χ0v) is 16.7. The molecule has 2 aromatic rings. The molecule has 0 spiro atoms. The summed E-state index contributed by atoms with van der Waals surface area (Å²) in [6, 6.07) is 11.2. The van der Waals surface area contributed by atoms with Crippen molar-refractivity contribution in [3.05, 3.63) is 53.1 Å². The van der Waals surface area contributed by atoms with Crippen molar-refractivity contribution in [1.82, 2.24) is 4.72 Å². The zero-order chi connectivity index (χ0) is 19.6. The lowest BCUT2D eigenvalue weighted by molar-refractivity contribution is -0.115. The minimum atomic E-state index is -3.57. The molecule has 0 saturated heterocycles. The van der Waals surface area contributed by atoms with E-state index < -0.39 is 10.0 Å². The van der Waals surface area contributed by atoms with Gasteiger partial charge < -0.3 is 10.2 Å². The van der Waals surface area contributed by atoms with Crippen molar-refractivity contribution >= 4 is 27.3 Å². The third-order valence-electron chi connectivity index (χ3n) is 4.81. The summed E-state index contributed by atoms with van der Waals surface area (Å²) in [4.78, 5) is 14.8. The Labute approximate surface area is 160 Å². The van der Waals surface area contributed by atoms with Crippen LogP contribution in [-0.2, 0) is 21.2 Å². The van der Waals surface area contributed by atoms with E-state index >= 15 is 0 Å². The summed E-state index contributed by atoms with van der Waals surface area (Å²) >= 11 is 0. The van der Waals surface area contributed by atoms with E-state index in [0.29, 0.717) is 11.3 Å². The Morgan fingerprint density at radius 2 is 1.93 bits per heavy atom. The van der Waals surface area contributed by atoms with Gasteiger partial charge >= 0.3 is 0 Å². The highest BCUT2D eigenvalue weighted by atomic mass is 32.2. The van der Waals surface area contributed by atoms with E-state index in [1.165, 1.54) is 24.2 Å². The summed E-state index contributed by atoms with van der Waals surface area (Å²) in [5.74, 6) is -0.167. The quantitative estimate of drug-likeness (QED) is 0.827. The highest BCUT2D eigenvalue weighted by Gasteiger charge is 2.20. The van der Waals surface area contributed by atoms with Gasteiger partial charge in [-0.3, -0.25) is 4.79 Å². The highest BCUT2D eigenvalue weighted by Crippen LogP contribution is 2.28. The fraction of sp³-hybridized carbons (Fsp3) is 0.350. The topological polar surface area (TPSA) is 78.5 Å². The van der Waals surface area contributed by atoms with E-state index in [2.05, 4.69) is 40.1 Å². The Kier molecular flexibility index (Phi) is 5.53. The van der Waals surface area contributed by atoms with Crippen LogP contribution in [0.1, 0.15) is 23.1 Å². The lowest BCUT2D eigenvalue weighted by Crippen LogP contribution is -2.36. The monoisotopic (exact) mass is 387 g/mol. The van der Waals surface area contributed by atoms with Gasteiger partial charge in [-0.25, -0.2) is 13.1 Å². The number of amides is 1. The average Bonchev–Trinajstić information content (AvgIpc) is 2.63.